The van der Waals surface area contributed by atoms with E-state index < -0.39 is 0 Å². The van der Waals surface area contributed by atoms with Crippen LogP contribution in [0.5, 0.6) is 0 Å². The van der Waals surface area contributed by atoms with Gasteiger partial charge in [-0.3, -0.25) is 0 Å². The minimum absolute atomic E-state index is 0.666. The molecule has 0 bridgehead atoms. The van der Waals surface area contributed by atoms with Gasteiger partial charge >= 0.3 is 0 Å². The normalized spacial score (nSPS) is 13.1. The van der Waals surface area contributed by atoms with Crippen molar-refractivity contribution in [3.05, 3.63) is 5.82 Å². The van der Waals surface area contributed by atoms with Crippen LogP contribution in [0.2, 0.25) is 0 Å². The van der Waals surface area contributed by atoms with Gasteiger partial charge in [0, 0.05) is 6.42 Å². The number of aryl methyl sites for hydroxylation is 2. The quantitative estimate of drug-likeness (QED) is 0.716. The number of hydrogen-bond acceptors (Lipinski definition) is 4. The zero-order chi connectivity index (χ0) is 10.4. The van der Waals surface area contributed by atoms with Crippen LogP contribution in [-0.2, 0) is 13.5 Å². The van der Waals surface area contributed by atoms with Crippen LogP contribution >= 0.6 is 0 Å². The smallest absolute Gasteiger partial charge is 0.174 e. The molecule has 1 unspecified atom stereocenters. The van der Waals surface area contributed by atoms with Crippen molar-refractivity contribution in [1.29, 1.82) is 0 Å². The Balaban J connectivity index is 2.20. The minimum atomic E-state index is 0.666. The number of hydrogen-bond donors (Lipinski definition) is 1. The highest BCUT2D eigenvalue weighted by molar-refractivity contribution is 4.77. The van der Waals surface area contributed by atoms with Crippen molar-refractivity contribution in [2.45, 2.75) is 26.7 Å². The Morgan fingerprint density at radius 2 is 2.29 bits per heavy atom. The summed E-state index contributed by atoms with van der Waals surface area (Å²) in [6.45, 7) is 6.46. The van der Waals surface area contributed by atoms with E-state index in [1.54, 1.807) is 7.05 Å². The predicted octanol–water partition coefficient (Wildman–Crippen LogP) is 0.388. The average Bonchev–Trinajstić information content (AvgIpc) is 2.58. The third kappa shape index (κ3) is 3.83. The van der Waals surface area contributed by atoms with Crippen LogP contribution in [0, 0.1) is 5.92 Å². The van der Waals surface area contributed by atoms with Crippen LogP contribution in [0.4, 0.5) is 0 Å². The fraction of sp³-hybridized carbons (Fsp3) is 0.889. The van der Waals surface area contributed by atoms with E-state index >= 15 is 0 Å². The van der Waals surface area contributed by atoms with Gasteiger partial charge < -0.3 is 5.32 Å². The first-order valence-electron chi connectivity index (χ1n) is 5.16. The van der Waals surface area contributed by atoms with Crippen LogP contribution in [0.1, 0.15) is 26.1 Å². The van der Waals surface area contributed by atoms with Crippen LogP contribution in [0.3, 0.4) is 0 Å². The molecular formula is C9H19N5. The van der Waals surface area contributed by atoms with Crippen LogP contribution in [0.25, 0.3) is 0 Å². The summed E-state index contributed by atoms with van der Waals surface area (Å²) in [5.74, 6) is 1.51. The Bertz CT molecular complexity index is 257. The lowest BCUT2D eigenvalue weighted by Crippen LogP contribution is -2.21. The van der Waals surface area contributed by atoms with Gasteiger partial charge in [-0.15, -0.1) is 10.2 Å². The zero-order valence-electron chi connectivity index (χ0n) is 9.19. The summed E-state index contributed by atoms with van der Waals surface area (Å²) in [6.07, 6.45) is 2.03. The van der Waals surface area contributed by atoms with E-state index in [0.717, 1.165) is 31.8 Å². The number of tetrazole rings is 1. The van der Waals surface area contributed by atoms with Gasteiger partial charge in [-0.25, -0.2) is 0 Å². The molecule has 0 saturated heterocycles. The van der Waals surface area contributed by atoms with Crippen molar-refractivity contribution in [3.63, 3.8) is 0 Å². The Morgan fingerprint density at radius 3 is 2.86 bits per heavy atom. The number of nitrogens with zero attached hydrogens (tertiary/aromatic N) is 4. The topological polar surface area (TPSA) is 55.6 Å². The fourth-order valence-electron chi connectivity index (χ4n) is 1.29. The summed E-state index contributed by atoms with van der Waals surface area (Å²) in [4.78, 5) is 1.50. The Kier molecular flexibility index (Phi) is 4.52. The Hall–Kier alpha value is -0.970. The molecule has 1 rings (SSSR count). The largest absolute Gasteiger partial charge is 0.317 e. The van der Waals surface area contributed by atoms with E-state index in [1.807, 2.05) is 0 Å². The number of nitrogens with one attached hydrogen (secondary N) is 1. The van der Waals surface area contributed by atoms with Gasteiger partial charge in [-0.1, -0.05) is 13.8 Å². The summed E-state index contributed by atoms with van der Waals surface area (Å²) >= 11 is 0. The second-order valence-electron chi connectivity index (χ2n) is 3.65. The molecule has 1 atom stereocenters. The van der Waals surface area contributed by atoms with E-state index in [2.05, 4.69) is 34.6 Å². The molecule has 0 aliphatic heterocycles. The molecule has 0 fully saturated rings. The fourth-order valence-corrected chi connectivity index (χ4v) is 1.29. The molecule has 0 aliphatic rings. The van der Waals surface area contributed by atoms with Crippen molar-refractivity contribution in [1.82, 2.24) is 25.5 Å². The maximum atomic E-state index is 4.14. The molecule has 1 aromatic rings. The molecule has 0 aromatic carbocycles. The van der Waals surface area contributed by atoms with Gasteiger partial charge in [0.05, 0.1) is 7.05 Å². The second kappa shape index (κ2) is 5.70. The highest BCUT2D eigenvalue weighted by Crippen LogP contribution is 2.04. The first kappa shape index (κ1) is 11.1. The van der Waals surface area contributed by atoms with Gasteiger partial charge in [0.1, 0.15) is 0 Å². The molecule has 0 saturated carbocycles. The van der Waals surface area contributed by atoms with Crippen molar-refractivity contribution < 1.29 is 0 Å². The minimum Gasteiger partial charge on any atom is -0.317 e. The van der Waals surface area contributed by atoms with Crippen molar-refractivity contribution in [2.75, 3.05) is 13.1 Å². The van der Waals surface area contributed by atoms with Crippen LogP contribution in [-0.4, -0.2) is 33.3 Å². The molecule has 1 heterocycles. The molecule has 5 nitrogen and oxygen atoms in total. The average molecular weight is 197 g/mol. The third-order valence-corrected chi connectivity index (χ3v) is 2.15. The standard InChI is InChI=1S/C9H19N5/c1-4-10-7-8(2)5-6-9-11-13-14(3)12-9/h8,10H,4-7H2,1-3H3. The summed E-state index contributed by atoms with van der Waals surface area (Å²) < 4.78 is 0. The highest BCUT2D eigenvalue weighted by Gasteiger charge is 2.05. The molecule has 1 aromatic heterocycles. The lowest BCUT2D eigenvalue weighted by atomic mass is 10.1. The van der Waals surface area contributed by atoms with Gasteiger partial charge in [-0.2, -0.15) is 4.80 Å². The van der Waals surface area contributed by atoms with Crippen molar-refractivity contribution >= 4 is 0 Å². The monoisotopic (exact) mass is 197 g/mol. The number of rotatable bonds is 6. The summed E-state index contributed by atoms with van der Waals surface area (Å²) in [5.41, 5.74) is 0. The molecule has 80 valence electrons. The molecule has 0 amide bonds. The van der Waals surface area contributed by atoms with Gasteiger partial charge in [0.25, 0.3) is 0 Å². The molecular weight excluding hydrogens is 178 g/mol. The van der Waals surface area contributed by atoms with Gasteiger partial charge in [-0.05, 0) is 30.6 Å². The van der Waals surface area contributed by atoms with Crippen molar-refractivity contribution in [2.24, 2.45) is 13.0 Å². The molecule has 0 aliphatic carbocycles. The second-order valence-corrected chi connectivity index (χ2v) is 3.65. The van der Waals surface area contributed by atoms with E-state index in [9.17, 15) is 0 Å². The molecule has 14 heavy (non-hydrogen) atoms. The number of aromatic nitrogens is 4. The molecule has 0 radical (unpaired) electrons. The lowest BCUT2D eigenvalue weighted by Gasteiger charge is -2.09. The SMILES string of the molecule is CCNCC(C)CCc1nnn(C)n1. The first-order valence-corrected chi connectivity index (χ1v) is 5.16. The molecule has 5 heteroatoms. The zero-order valence-corrected chi connectivity index (χ0v) is 9.19. The van der Waals surface area contributed by atoms with Crippen molar-refractivity contribution in [3.8, 4) is 0 Å². The van der Waals surface area contributed by atoms with E-state index in [0.29, 0.717) is 5.92 Å². The maximum absolute atomic E-state index is 4.14. The summed E-state index contributed by atoms with van der Waals surface area (Å²) in [5, 5.41) is 15.2. The van der Waals surface area contributed by atoms with Crippen LogP contribution < -0.4 is 5.32 Å². The summed E-state index contributed by atoms with van der Waals surface area (Å²) in [7, 11) is 1.79. The Morgan fingerprint density at radius 1 is 1.50 bits per heavy atom. The molecule has 1 N–H and O–H groups in total. The third-order valence-electron chi connectivity index (χ3n) is 2.15. The van der Waals surface area contributed by atoms with E-state index in [1.165, 1.54) is 4.80 Å². The predicted molar refractivity (Wildman–Crippen MR) is 54.8 cm³/mol. The van der Waals surface area contributed by atoms with Gasteiger partial charge in [0.2, 0.25) is 0 Å². The van der Waals surface area contributed by atoms with E-state index in [-0.39, 0.29) is 0 Å². The summed E-state index contributed by atoms with van der Waals surface area (Å²) in [6, 6.07) is 0. The maximum Gasteiger partial charge on any atom is 0.174 e. The van der Waals surface area contributed by atoms with Gasteiger partial charge in [0.15, 0.2) is 5.82 Å². The first-order chi connectivity index (χ1) is 6.72. The van der Waals surface area contributed by atoms with E-state index in [4.69, 9.17) is 0 Å². The molecule has 0 spiro atoms. The lowest BCUT2D eigenvalue weighted by molar-refractivity contribution is 0.483. The van der Waals surface area contributed by atoms with Crippen LogP contribution in [0.15, 0.2) is 0 Å². The Labute approximate surface area is 84.9 Å². The highest BCUT2D eigenvalue weighted by atomic mass is 15.6.